The third kappa shape index (κ3) is 6.70. The second kappa shape index (κ2) is 18.6. The number of hydrogen-bond acceptors (Lipinski definition) is 6. The number of nitrogens with zero attached hydrogens (tertiary/aromatic N) is 8. The van der Waals surface area contributed by atoms with E-state index >= 15 is 0 Å². The third-order valence-corrected chi connectivity index (χ3v) is 21.1. The summed E-state index contributed by atoms with van der Waals surface area (Å²) >= 11 is 1.87. The summed E-state index contributed by atoms with van der Waals surface area (Å²) < 4.78 is 18.5. The topological polar surface area (TPSA) is 83.4 Å². The summed E-state index contributed by atoms with van der Waals surface area (Å²) in [4.78, 5) is 22.2. The molecule has 8 aromatic heterocycles. The molecule has 0 aliphatic heterocycles. The van der Waals surface area contributed by atoms with E-state index in [1.807, 2.05) is 17.4 Å². The Labute approximate surface area is 537 Å². The standard InChI is InChI=1S/C84H46N8OS/c1-3-25-54-49(20-1)61(57-30-19-29-56-53-24-8-17-38-74(53)93-79(56)57)45-63-51-22-6-13-34-70(51)90(77(54)63)84-88-67-43-40-47(44-65(67)82-86-69-33-12-16-37-73(69)92(82)84)48-41-42-58(80-76(48)60-28-9-18-39-75(60)94-80)62-46-64-52-23-7-14-35-71(52)89(78(64)55-26-4-2-21-50(55)62)83-87-66-31-10-5-27-59(66)81-85-68-32-11-15-36-72(68)91(81)83/h1-46H. The van der Waals surface area contributed by atoms with E-state index in [2.05, 4.69) is 291 Å². The SMILES string of the molecule is c1ccc2c(c1)nc(-n1c3ccccc3c3cc(-c4ccc(-c5ccc6nc(-n7c8ccccc8c8cc(-c9cccc%10c9oc9ccccc9%10)c9ccccc9c87)n7c8ccccc8nc7c6c5)c5c4sc4ccccc45)c4ccccc4c31)n1c3ccccc3nc21. The third-order valence-electron chi connectivity index (χ3n) is 19.9. The first-order chi connectivity index (χ1) is 46.6. The quantitative estimate of drug-likeness (QED) is 0.171. The molecule has 14 aromatic carbocycles. The predicted octanol–water partition coefficient (Wildman–Crippen LogP) is 22.2. The molecule has 434 valence electrons. The number of aromatic nitrogens is 8. The zero-order valence-corrected chi connectivity index (χ0v) is 50.8. The molecule has 0 radical (unpaired) electrons. The average molecular weight is 1220 g/mol. The largest absolute Gasteiger partial charge is 0.455 e. The van der Waals surface area contributed by atoms with E-state index in [0.29, 0.717) is 0 Å². The van der Waals surface area contributed by atoms with Crippen molar-refractivity contribution in [2.75, 3.05) is 0 Å². The zero-order chi connectivity index (χ0) is 61.0. The highest BCUT2D eigenvalue weighted by Gasteiger charge is 2.28. The van der Waals surface area contributed by atoms with Crippen LogP contribution in [0.15, 0.2) is 283 Å². The zero-order valence-electron chi connectivity index (χ0n) is 50.0. The van der Waals surface area contributed by atoms with Crippen molar-refractivity contribution in [1.29, 1.82) is 0 Å². The van der Waals surface area contributed by atoms with Crippen LogP contribution in [0.2, 0.25) is 0 Å². The smallest absolute Gasteiger partial charge is 0.221 e. The fourth-order valence-electron chi connectivity index (χ4n) is 15.9. The molecule has 0 spiro atoms. The Balaban J connectivity index is 0.763. The van der Waals surface area contributed by atoms with Crippen molar-refractivity contribution in [1.82, 2.24) is 37.9 Å². The molecule has 0 saturated carbocycles. The Hall–Kier alpha value is -12.5. The van der Waals surface area contributed by atoms with Crippen LogP contribution in [0.25, 0.3) is 208 Å². The molecule has 10 heteroatoms. The first-order valence-corrected chi connectivity index (χ1v) is 32.6. The summed E-state index contributed by atoms with van der Waals surface area (Å²) in [6, 6.07) is 101. The number of rotatable bonds is 5. The average Bonchev–Trinajstić information content (AvgIpc) is 1.50. The van der Waals surface area contributed by atoms with Gasteiger partial charge in [-0.2, -0.15) is 0 Å². The molecule has 0 N–H and O–H groups in total. The lowest BCUT2D eigenvalue weighted by molar-refractivity contribution is 0.670. The molecule has 0 amide bonds. The van der Waals surface area contributed by atoms with Crippen LogP contribution in [-0.2, 0) is 0 Å². The summed E-state index contributed by atoms with van der Waals surface area (Å²) in [7, 11) is 0. The minimum absolute atomic E-state index is 0.771. The van der Waals surface area contributed by atoms with Gasteiger partial charge in [0.15, 0.2) is 0 Å². The van der Waals surface area contributed by atoms with Gasteiger partial charge >= 0.3 is 0 Å². The molecule has 22 aromatic rings. The Morgan fingerprint density at radius 2 is 0.766 bits per heavy atom. The highest BCUT2D eigenvalue weighted by atomic mass is 32.1. The van der Waals surface area contributed by atoms with Gasteiger partial charge < -0.3 is 4.42 Å². The van der Waals surface area contributed by atoms with Crippen molar-refractivity contribution in [2.24, 2.45) is 0 Å². The lowest BCUT2D eigenvalue weighted by atomic mass is 9.91. The van der Waals surface area contributed by atoms with Gasteiger partial charge in [-0.15, -0.1) is 11.3 Å². The Bertz CT molecular complexity index is 7140. The lowest BCUT2D eigenvalue weighted by Crippen LogP contribution is -2.07. The van der Waals surface area contributed by atoms with Crippen LogP contribution in [0.1, 0.15) is 0 Å². The molecule has 94 heavy (non-hydrogen) atoms. The number of hydrogen-bond donors (Lipinski definition) is 0. The first kappa shape index (κ1) is 50.3. The number of imidazole rings is 2. The monoisotopic (exact) mass is 1210 g/mol. The van der Waals surface area contributed by atoms with E-state index in [0.717, 1.165) is 176 Å². The van der Waals surface area contributed by atoms with Crippen LogP contribution in [0, 0.1) is 0 Å². The summed E-state index contributed by atoms with van der Waals surface area (Å²) in [6.45, 7) is 0. The van der Waals surface area contributed by atoms with E-state index in [4.69, 9.17) is 24.4 Å². The van der Waals surface area contributed by atoms with Gasteiger partial charge in [0.05, 0.1) is 55.2 Å². The minimum atomic E-state index is 0.771. The van der Waals surface area contributed by atoms with Crippen molar-refractivity contribution in [2.45, 2.75) is 0 Å². The molecule has 0 unspecified atom stereocenters. The molecular weight excluding hydrogens is 1170 g/mol. The van der Waals surface area contributed by atoms with Gasteiger partial charge in [0.25, 0.3) is 0 Å². The van der Waals surface area contributed by atoms with E-state index in [9.17, 15) is 0 Å². The van der Waals surface area contributed by atoms with Gasteiger partial charge in [-0.1, -0.05) is 194 Å². The van der Waals surface area contributed by atoms with Crippen molar-refractivity contribution in [3.63, 3.8) is 0 Å². The Morgan fingerprint density at radius 3 is 1.41 bits per heavy atom. The molecule has 0 bridgehead atoms. The summed E-state index contributed by atoms with van der Waals surface area (Å²) in [5.74, 6) is 1.57. The van der Waals surface area contributed by atoms with Crippen LogP contribution < -0.4 is 0 Å². The Morgan fingerprint density at radius 1 is 0.287 bits per heavy atom. The highest BCUT2D eigenvalue weighted by molar-refractivity contribution is 7.26. The number of fused-ring (bicyclic) bond motifs is 26. The molecule has 0 atom stereocenters. The summed E-state index contributed by atoms with van der Waals surface area (Å²) in [5, 5.41) is 15.8. The van der Waals surface area contributed by atoms with Crippen LogP contribution in [0.5, 0.6) is 0 Å². The van der Waals surface area contributed by atoms with Crippen molar-refractivity contribution >= 4 is 174 Å². The number of benzene rings is 14. The number of para-hydroxylation sites is 9. The van der Waals surface area contributed by atoms with Crippen LogP contribution in [-0.4, -0.2) is 37.9 Å². The minimum Gasteiger partial charge on any atom is -0.455 e. The van der Waals surface area contributed by atoms with Crippen LogP contribution in [0.4, 0.5) is 0 Å². The van der Waals surface area contributed by atoms with Gasteiger partial charge in [-0.25, -0.2) is 19.9 Å². The van der Waals surface area contributed by atoms with E-state index in [-0.39, 0.29) is 0 Å². The van der Waals surface area contributed by atoms with Crippen LogP contribution >= 0.6 is 11.3 Å². The van der Waals surface area contributed by atoms with Gasteiger partial charge in [-0.3, -0.25) is 17.9 Å². The fourth-order valence-corrected chi connectivity index (χ4v) is 17.2. The fraction of sp³-hybridized carbons (Fsp3) is 0. The molecule has 0 saturated heterocycles. The van der Waals surface area contributed by atoms with E-state index < -0.39 is 0 Å². The summed E-state index contributed by atoms with van der Waals surface area (Å²) in [6.07, 6.45) is 0. The second-order valence-electron chi connectivity index (χ2n) is 24.8. The van der Waals surface area contributed by atoms with Gasteiger partial charge in [0.1, 0.15) is 22.5 Å². The molecular formula is C84H46N8OS. The normalized spacial score (nSPS) is 12.5. The molecule has 9 nitrogen and oxygen atoms in total. The molecule has 0 fully saturated rings. The van der Waals surface area contributed by atoms with E-state index in [1.54, 1.807) is 0 Å². The van der Waals surface area contributed by atoms with Gasteiger partial charge in [0, 0.05) is 85.2 Å². The van der Waals surface area contributed by atoms with Crippen molar-refractivity contribution in [3.8, 4) is 45.3 Å². The van der Waals surface area contributed by atoms with Crippen molar-refractivity contribution < 1.29 is 4.42 Å². The highest BCUT2D eigenvalue weighted by Crippen LogP contribution is 2.50. The number of furan rings is 1. The van der Waals surface area contributed by atoms with Crippen LogP contribution in [0.3, 0.4) is 0 Å². The molecule has 0 aliphatic carbocycles. The molecule has 22 rings (SSSR count). The molecule has 8 heterocycles. The maximum Gasteiger partial charge on any atom is 0.221 e. The second-order valence-corrected chi connectivity index (χ2v) is 25.8. The van der Waals surface area contributed by atoms with Crippen molar-refractivity contribution in [3.05, 3.63) is 279 Å². The predicted molar refractivity (Wildman–Crippen MR) is 390 cm³/mol. The number of thiophene rings is 1. The summed E-state index contributed by atoms with van der Waals surface area (Å²) in [5.41, 5.74) is 20.2. The maximum absolute atomic E-state index is 6.72. The first-order valence-electron chi connectivity index (χ1n) is 31.8. The molecule has 0 aliphatic rings. The maximum atomic E-state index is 6.72. The lowest BCUT2D eigenvalue weighted by Gasteiger charge is -2.16. The van der Waals surface area contributed by atoms with E-state index in [1.165, 1.54) is 31.3 Å². The van der Waals surface area contributed by atoms with Gasteiger partial charge in [-0.05, 0) is 118 Å². The Kier molecular flexibility index (Phi) is 9.93. The van der Waals surface area contributed by atoms with Gasteiger partial charge in [0.2, 0.25) is 11.9 Å².